The van der Waals surface area contributed by atoms with Crippen LogP contribution in [0.3, 0.4) is 0 Å². The van der Waals surface area contributed by atoms with E-state index in [4.69, 9.17) is 4.42 Å². The van der Waals surface area contributed by atoms with Crippen LogP contribution in [0, 0.1) is 11.3 Å². The number of nitrogens with zero attached hydrogens (tertiary/aromatic N) is 2. The average Bonchev–Trinajstić information content (AvgIpc) is 3.07. The van der Waals surface area contributed by atoms with Crippen LogP contribution < -0.4 is 5.32 Å². The van der Waals surface area contributed by atoms with Crippen molar-refractivity contribution in [2.75, 3.05) is 33.7 Å². The zero-order chi connectivity index (χ0) is 18.6. The Morgan fingerprint density at radius 2 is 1.96 bits per heavy atom. The van der Waals surface area contributed by atoms with Gasteiger partial charge in [-0.1, -0.05) is 20.8 Å². The van der Waals surface area contributed by atoms with Gasteiger partial charge >= 0.3 is 0 Å². The molecule has 25 heavy (non-hydrogen) atoms. The first kappa shape index (κ1) is 19.5. The summed E-state index contributed by atoms with van der Waals surface area (Å²) in [6.45, 7) is 7.63. The highest BCUT2D eigenvalue weighted by atomic mass is 16.3. The van der Waals surface area contributed by atoms with Crippen molar-refractivity contribution in [3.05, 3.63) is 24.2 Å². The number of carbonyl (C=O) groups is 2. The lowest BCUT2D eigenvalue weighted by atomic mass is 9.90. The van der Waals surface area contributed by atoms with Gasteiger partial charge in [-0.25, -0.2) is 0 Å². The number of likely N-dealkylation sites (tertiary alicyclic amines) is 1. The van der Waals surface area contributed by atoms with E-state index in [0.717, 1.165) is 18.6 Å². The summed E-state index contributed by atoms with van der Waals surface area (Å²) in [5.74, 6) is 1.05. The molecule has 1 N–H and O–H groups in total. The Bertz CT molecular complexity index is 567. The van der Waals surface area contributed by atoms with Gasteiger partial charge in [0, 0.05) is 31.0 Å². The van der Waals surface area contributed by atoms with Crippen molar-refractivity contribution in [2.45, 2.75) is 39.7 Å². The van der Waals surface area contributed by atoms with E-state index >= 15 is 0 Å². The maximum Gasteiger partial charge on any atom is 0.227 e. The quantitative estimate of drug-likeness (QED) is 0.886. The van der Waals surface area contributed by atoms with Crippen LogP contribution >= 0.6 is 0 Å². The van der Waals surface area contributed by atoms with Crippen molar-refractivity contribution in [3.8, 4) is 0 Å². The Balaban J connectivity index is 1.83. The minimum absolute atomic E-state index is 0.0153. The second-order valence-corrected chi connectivity index (χ2v) is 8.06. The highest BCUT2D eigenvalue weighted by molar-refractivity contribution is 5.82. The van der Waals surface area contributed by atoms with Crippen molar-refractivity contribution in [1.82, 2.24) is 15.1 Å². The number of piperidine rings is 1. The van der Waals surface area contributed by atoms with Gasteiger partial charge in [-0.2, -0.15) is 0 Å². The molecule has 1 atom stereocenters. The molecule has 2 rings (SSSR count). The lowest BCUT2D eigenvalue weighted by Gasteiger charge is -2.35. The number of rotatable bonds is 5. The summed E-state index contributed by atoms with van der Waals surface area (Å²) >= 11 is 0. The molecule has 0 bridgehead atoms. The van der Waals surface area contributed by atoms with Crippen molar-refractivity contribution in [3.63, 3.8) is 0 Å². The minimum Gasteiger partial charge on any atom is -0.468 e. The summed E-state index contributed by atoms with van der Waals surface area (Å²) in [6, 6.07) is 3.80. The largest absolute Gasteiger partial charge is 0.468 e. The first-order chi connectivity index (χ1) is 11.7. The molecule has 0 aliphatic carbocycles. The standard InChI is InChI=1S/C19H31N3O3/c1-19(2,3)18(24)22-10-8-14(9-11-22)17(23)20-13-15(21(4)5)16-7-6-12-25-16/h6-7,12,14-15H,8-11,13H2,1-5H3,(H,20,23)/t15-/m0/s1. The summed E-state index contributed by atoms with van der Waals surface area (Å²) in [5, 5.41) is 3.05. The van der Waals surface area contributed by atoms with E-state index in [9.17, 15) is 9.59 Å². The van der Waals surface area contributed by atoms with Crippen LogP contribution in [0.2, 0.25) is 0 Å². The zero-order valence-electron chi connectivity index (χ0n) is 16.0. The molecule has 1 aliphatic heterocycles. The van der Waals surface area contributed by atoms with Gasteiger partial charge in [-0.15, -0.1) is 0 Å². The Hall–Kier alpha value is -1.82. The predicted molar refractivity (Wildman–Crippen MR) is 96.9 cm³/mol. The van der Waals surface area contributed by atoms with Crippen molar-refractivity contribution in [2.24, 2.45) is 11.3 Å². The third-order valence-corrected chi connectivity index (χ3v) is 4.76. The Morgan fingerprint density at radius 1 is 1.32 bits per heavy atom. The predicted octanol–water partition coefficient (Wildman–Crippen LogP) is 2.28. The molecule has 0 radical (unpaired) electrons. The van der Waals surface area contributed by atoms with Crippen LogP contribution in [0.25, 0.3) is 0 Å². The fraction of sp³-hybridized carbons (Fsp3) is 0.684. The highest BCUT2D eigenvalue weighted by Gasteiger charge is 2.32. The van der Waals surface area contributed by atoms with Crippen molar-refractivity contribution in [1.29, 1.82) is 0 Å². The zero-order valence-corrected chi connectivity index (χ0v) is 16.0. The molecular weight excluding hydrogens is 318 g/mol. The van der Waals surface area contributed by atoms with Gasteiger partial charge in [-0.05, 0) is 39.1 Å². The summed E-state index contributed by atoms with van der Waals surface area (Å²) in [7, 11) is 3.94. The Morgan fingerprint density at radius 3 is 2.44 bits per heavy atom. The van der Waals surface area contributed by atoms with Crippen molar-refractivity contribution < 1.29 is 14.0 Å². The number of amides is 2. The molecule has 0 aromatic carbocycles. The fourth-order valence-electron chi connectivity index (χ4n) is 3.18. The third kappa shape index (κ3) is 5.08. The van der Waals surface area contributed by atoms with Gasteiger partial charge in [0.15, 0.2) is 0 Å². The number of furan rings is 1. The number of nitrogens with one attached hydrogen (secondary N) is 1. The highest BCUT2D eigenvalue weighted by Crippen LogP contribution is 2.24. The van der Waals surface area contributed by atoms with E-state index in [2.05, 4.69) is 5.32 Å². The van der Waals surface area contributed by atoms with E-state index in [0.29, 0.717) is 19.6 Å². The summed E-state index contributed by atoms with van der Waals surface area (Å²) in [5.41, 5.74) is -0.364. The van der Waals surface area contributed by atoms with Gasteiger partial charge < -0.3 is 14.6 Å². The molecule has 1 aromatic rings. The number of likely N-dealkylation sites (N-methyl/N-ethyl adjacent to an activating group) is 1. The second-order valence-electron chi connectivity index (χ2n) is 8.06. The van der Waals surface area contributed by atoms with E-state index in [1.165, 1.54) is 0 Å². The average molecular weight is 349 g/mol. The first-order valence-corrected chi connectivity index (χ1v) is 8.97. The lowest BCUT2D eigenvalue weighted by molar-refractivity contribution is -0.142. The fourth-order valence-corrected chi connectivity index (χ4v) is 3.18. The van der Waals surface area contributed by atoms with Crippen molar-refractivity contribution >= 4 is 11.8 Å². The molecule has 1 saturated heterocycles. The van der Waals surface area contributed by atoms with E-state index in [-0.39, 0.29) is 29.2 Å². The van der Waals surface area contributed by atoms with E-state index in [1.54, 1.807) is 6.26 Å². The Kier molecular flexibility index (Phi) is 6.27. The normalized spacial score (nSPS) is 17.6. The van der Waals surface area contributed by atoms with E-state index < -0.39 is 0 Å². The Labute approximate surface area is 150 Å². The molecule has 1 fully saturated rings. The van der Waals surface area contributed by atoms with Crippen LogP contribution in [-0.4, -0.2) is 55.3 Å². The van der Waals surface area contributed by atoms with Gasteiger partial charge in [0.1, 0.15) is 5.76 Å². The molecule has 6 nitrogen and oxygen atoms in total. The molecule has 6 heteroatoms. The minimum atomic E-state index is -0.364. The summed E-state index contributed by atoms with van der Waals surface area (Å²) in [4.78, 5) is 28.7. The number of hydrogen-bond donors (Lipinski definition) is 1. The van der Waals surface area contributed by atoms with Crippen LogP contribution in [0.4, 0.5) is 0 Å². The van der Waals surface area contributed by atoms with Crippen LogP contribution in [0.1, 0.15) is 45.4 Å². The monoisotopic (exact) mass is 349 g/mol. The lowest BCUT2D eigenvalue weighted by Crippen LogP contribution is -2.47. The molecule has 1 aromatic heterocycles. The summed E-state index contributed by atoms with van der Waals surface area (Å²) < 4.78 is 5.47. The van der Waals surface area contributed by atoms with Crippen LogP contribution in [0.5, 0.6) is 0 Å². The molecule has 0 spiro atoms. The van der Waals surface area contributed by atoms with Gasteiger partial charge in [0.2, 0.25) is 11.8 Å². The SMILES string of the molecule is CN(C)[C@@H](CNC(=O)C1CCN(C(=O)C(C)(C)C)CC1)c1ccco1. The molecule has 0 unspecified atom stereocenters. The van der Waals surface area contributed by atoms with Crippen LogP contribution in [0.15, 0.2) is 22.8 Å². The van der Waals surface area contributed by atoms with Gasteiger partial charge in [0.05, 0.1) is 12.3 Å². The second kappa shape index (κ2) is 8.04. The number of hydrogen-bond acceptors (Lipinski definition) is 4. The molecule has 0 saturated carbocycles. The maximum atomic E-state index is 12.5. The number of carbonyl (C=O) groups excluding carboxylic acids is 2. The molecular formula is C19H31N3O3. The van der Waals surface area contributed by atoms with E-state index in [1.807, 2.05) is 56.8 Å². The molecule has 140 valence electrons. The first-order valence-electron chi connectivity index (χ1n) is 8.97. The van der Waals surface area contributed by atoms with Crippen LogP contribution in [-0.2, 0) is 9.59 Å². The maximum absolute atomic E-state index is 12.5. The topological polar surface area (TPSA) is 65.8 Å². The molecule has 2 heterocycles. The third-order valence-electron chi connectivity index (χ3n) is 4.76. The van der Waals surface area contributed by atoms with Gasteiger partial charge in [0.25, 0.3) is 0 Å². The summed E-state index contributed by atoms with van der Waals surface area (Å²) in [6.07, 6.45) is 3.09. The smallest absolute Gasteiger partial charge is 0.227 e. The molecule has 2 amide bonds. The van der Waals surface area contributed by atoms with Gasteiger partial charge in [-0.3, -0.25) is 14.5 Å². The molecule has 1 aliphatic rings.